The summed E-state index contributed by atoms with van der Waals surface area (Å²) in [6.07, 6.45) is 1.80. The fraction of sp³-hybridized carbons (Fsp3) is 0.200. The van der Waals surface area contributed by atoms with Gasteiger partial charge in [-0.25, -0.2) is 0 Å². The topological polar surface area (TPSA) is 80.4 Å². The predicted molar refractivity (Wildman–Crippen MR) is 99.1 cm³/mol. The molecule has 26 heavy (non-hydrogen) atoms. The number of benzene rings is 2. The van der Waals surface area contributed by atoms with Gasteiger partial charge >= 0.3 is 0 Å². The van der Waals surface area contributed by atoms with Crippen LogP contribution in [0.2, 0.25) is 0 Å². The third kappa shape index (κ3) is 3.01. The molecule has 3 aromatic rings. The number of H-pyrrole nitrogens is 1. The van der Waals surface area contributed by atoms with Gasteiger partial charge in [0.2, 0.25) is 12.4 Å². The molecule has 0 radical (unpaired) electrons. The smallest absolute Gasteiger partial charge is 0.255 e. The van der Waals surface area contributed by atoms with Crippen LogP contribution in [0, 0.1) is 0 Å². The molecule has 4 rings (SSSR count). The van der Waals surface area contributed by atoms with Crippen LogP contribution < -0.4 is 20.3 Å². The number of hydrogen-bond donors (Lipinski definition) is 2. The van der Waals surface area contributed by atoms with Crippen molar-refractivity contribution in [3.05, 3.63) is 63.9 Å². The first-order chi connectivity index (χ1) is 12.6. The standard InChI is InChI=1S/C20H18N2O4/c1-2-3-12-9-19(23)22-16-10-14(5-6-15(12)16)21-20(24)13-4-7-17-18(8-13)26-11-25-17/h4-10H,2-3,11H2,1H3,(H,21,24)(H,22,23). The van der Waals surface area contributed by atoms with Crippen LogP contribution in [0.25, 0.3) is 10.9 Å². The molecule has 0 aliphatic carbocycles. The molecule has 2 heterocycles. The van der Waals surface area contributed by atoms with Crippen molar-refractivity contribution in [2.75, 3.05) is 12.1 Å². The molecule has 1 aliphatic rings. The SMILES string of the molecule is CCCc1cc(=O)[nH]c2cc(NC(=O)c3ccc4c(c3)OCO4)ccc12. The van der Waals surface area contributed by atoms with Crippen molar-refractivity contribution >= 4 is 22.5 Å². The normalized spacial score (nSPS) is 12.3. The van der Waals surface area contributed by atoms with E-state index in [2.05, 4.69) is 17.2 Å². The summed E-state index contributed by atoms with van der Waals surface area (Å²) in [5.74, 6) is 0.938. The summed E-state index contributed by atoms with van der Waals surface area (Å²) in [5.41, 5.74) is 2.68. The number of pyridine rings is 1. The number of carbonyl (C=O) groups is 1. The monoisotopic (exact) mass is 350 g/mol. The van der Waals surface area contributed by atoms with Gasteiger partial charge in [0, 0.05) is 22.7 Å². The van der Waals surface area contributed by atoms with Crippen LogP contribution >= 0.6 is 0 Å². The molecule has 0 saturated carbocycles. The van der Waals surface area contributed by atoms with E-state index >= 15 is 0 Å². The summed E-state index contributed by atoms with van der Waals surface area (Å²) in [7, 11) is 0. The second-order valence-corrected chi connectivity index (χ2v) is 6.19. The lowest BCUT2D eigenvalue weighted by Gasteiger charge is -2.09. The molecule has 0 fully saturated rings. The van der Waals surface area contributed by atoms with Gasteiger partial charge < -0.3 is 19.8 Å². The lowest BCUT2D eigenvalue weighted by Crippen LogP contribution is -2.12. The lowest BCUT2D eigenvalue weighted by molar-refractivity contribution is 0.102. The summed E-state index contributed by atoms with van der Waals surface area (Å²) in [6.45, 7) is 2.24. The zero-order valence-corrected chi connectivity index (χ0v) is 14.3. The van der Waals surface area contributed by atoms with Gasteiger partial charge in [0.25, 0.3) is 5.91 Å². The van der Waals surface area contributed by atoms with Crippen molar-refractivity contribution in [3.8, 4) is 11.5 Å². The van der Waals surface area contributed by atoms with E-state index in [1.165, 1.54) is 0 Å². The van der Waals surface area contributed by atoms with Gasteiger partial charge in [-0.3, -0.25) is 9.59 Å². The Morgan fingerprint density at radius 3 is 2.81 bits per heavy atom. The number of carbonyl (C=O) groups excluding carboxylic acids is 1. The minimum Gasteiger partial charge on any atom is -0.454 e. The molecule has 2 N–H and O–H groups in total. The van der Waals surface area contributed by atoms with Crippen molar-refractivity contribution in [1.82, 2.24) is 4.98 Å². The fourth-order valence-electron chi connectivity index (χ4n) is 3.13. The first kappa shape index (κ1) is 16.2. The van der Waals surface area contributed by atoms with Gasteiger partial charge in [-0.15, -0.1) is 0 Å². The number of hydrogen-bond acceptors (Lipinski definition) is 4. The number of anilines is 1. The summed E-state index contributed by atoms with van der Waals surface area (Å²) in [5, 5.41) is 3.85. The molecule has 1 amide bonds. The molecule has 0 spiro atoms. The van der Waals surface area contributed by atoms with Crippen molar-refractivity contribution in [2.24, 2.45) is 0 Å². The Bertz CT molecular complexity index is 1060. The van der Waals surface area contributed by atoms with Crippen LogP contribution in [0.1, 0.15) is 29.3 Å². The Hall–Kier alpha value is -3.28. The lowest BCUT2D eigenvalue weighted by atomic mass is 10.0. The molecule has 132 valence electrons. The maximum Gasteiger partial charge on any atom is 0.255 e. The van der Waals surface area contributed by atoms with Crippen LogP contribution in [0.4, 0.5) is 5.69 Å². The first-order valence-corrected chi connectivity index (χ1v) is 8.51. The number of aromatic nitrogens is 1. The van der Waals surface area contributed by atoms with Gasteiger partial charge in [0.05, 0.1) is 5.52 Å². The molecule has 6 nitrogen and oxygen atoms in total. The van der Waals surface area contributed by atoms with Gasteiger partial charge in [-0.1, -0.05) is 19.4 Å². The van der Waals surface area contributed by atoms with Gasteiger partial charge in [0.1, 0.15) is 0 Å². The number of rotatable bonds is 4. The Balaban J connectivity index is 1.63. The van der Waals surface area contributed by atoms with E-state index in [0.717, 1.165) is 23.8 Å². The van der Waals surface area contributed by atoms with Crippen molar-refractivity contribution < 1.29 is 14.3 Å². The molecule has 1 aromatic heterocycles. The van der Waals surface area contributed by atoms with Gasteiger partial charge in [-0.05, 0) is 42.3 Å². The highest BCUT2D eigenvalue weighted by atomic mass is 16.7. The highest BCUT2D eigenvalue weighted by molar-refractivity contribution is 6.05. The van der Waals surface area contributed by atoms with Crippen molar-refractivity contribution in [3.63, 3.8) is 0 Å². The highest BCUT2D eigenvalue weighted by Gasteiger charge is 2.16. The highest BCUT2D eigenvalue weighted by Crippen LogP contribution is 2.32. The number of nitrogens with one attached hydrogen (secondary N) is 2. The van der Waals surface area contributed by atoms with Crippen LogP contribution in [0.15, 0.2) is 47.3 Å². The van der Waals surface area contributed by atoms with Gasteiger partial charge in [0.15, 0.2) is 11.5 Å². The Morgan fingerprint density at radius 1 is 1.12 bits per heavy atom. The number of aryl methyl sites for hydroxylation is 1. The maximum absolute atomic E-state index is 12.5. The second kappa shape index (κ2) is 6.55. The number of amides is 1. The van der Waals surface area contributed by atoms with E-state index in [-0.39, 0.29) is 18.3 Å². The molecule has 0 bridgehead atoms. The van der Waals surface area contributed by atoms with E-state index in [0.29, 0.717) is 28.3 Å². The molecule has 0 unspecified atom stereocenters. The van der Waals surface area contributed by atoms with E-state index in [4.69, 9.17) is 9.47 Å². The summed E-state index contributed by atoms with van der Waals surface area (Å²) < 4.78 is 10.6. The van der Waals surface area contributed by atoms with Gasteiger partial charge in [-0.2, -0.15) is 0 Å². The largest absolute Gasteiger partial charge is 0.454 e. The molecule has 2 aromatic carbocycles. The average Bonchev–Trinajstić information content (AvgIpc) is 3.09. The third-order valence-corrected chi connectivity index (χ3v) is 4.34. The Kier molecular flexibility index (Phi) is 4.08. The summed E-state index contributed by atoms with van der Waals surface area (Å²) >= 11 is 0. The summed E-state index contributed by atoms with van der Waals surface area (Å²) in [6, 6.07) is 12.2. The predicted octanol–water partition coefficient (Wildman–Crippen LogP) is 3.46. The number of fused-ring (bicyclic) bond motifs is 2. The minimum absolute atomic E-state index is 0.139. The Morgan fingerprint density at radius 2 is 1.96 bits per heavy atom. The van der Waals surface area contributed by atoms with Crippen molar-refractivity contribution in [2.45, 2.75) is 19.8 Å². The van der Waals surface area contributed by atoms with Crippen LogP contribution in [0.3, 0.4) is 0 Å². The molecule has 6 heteroatoms. The quantitative estimate of drug-likeness (QED) is 0.755. The molecular formula is C20H18N2O4. The van der Waals surface area contributed by atoms with E-state index in [1.807, 2.05) is 12.1 Å². The third-order valence-electron chi connectivity index (χ3n) is 4.34. The maximum atomic E-state index is 12.5. The molecular weight excluding hydrogens is 332 g/mol. The van der Waals surface area contributed by atoms with E-state index in [1.54, 1.807) is 30.3 Å². The summed E-state index contributed by atoms with van der Waals surface area (Å²) in [4.78, 5) is 27.2. The zero-order chi connectivity index (χ0) is 18.1. The molecule has 1 aliphatic heterocycles. The zero-order valence-electron chi connectivity index (χ0n) is 14.3. The average molecular weight is 350 g/mol. The minimum atomic E-state index is -0.255. The van der Waals surface area contributed by atoms with Crippen LogP contribution in [0.5, 0.6) is 11.5 Å². The van der Waals surface area contributed by atoms with Crippen molar-refractivity contribution in [1.29, 1.82) is 0 Å². The fourth-order valence-corrected chi connectivity index (χ4v) is 3.13. The van der Waals surface area contributed by atoms with E-state index < -0.39 is 0 Å². The number of ether oxygens (including phenoxy) is 2. The second-order valence-electron chi connectivity index (χ2n) is 6.19. The molecule has 0 saturated heterocycles. The van der Waals surface area contributed by atoms with Crippen LogP contribution in [-0.4, -0.2) is 17.7 Å². The van der Waals surface area contributed by atoms with Crippen LogP contribution in [-0.2, 0) is 6.42 Å². The first-order valence-electron chi connectivity index (χ1n) is 8.51. The Labute approximate surface area is 149 Å². The molecule has 0 atom stereocenters. The number of aromatic amines is 1. The van der Waals surface area contributed by atoms with E-state index in [9.17, 15) is 9.59 Å².